The van der Waals surface area contributed by atoms with Crippen molar-refractivity contribution in [2.24, 2.45) is 0 Å². The number of aromatic nitrogens is 1. The maximum atomic E-state index is 9.76. The lowest BCUT2D eigenvalue weighted by atomic mass is 9.95. The third-order valence-corrected chi connectivity index (χ3v) is 4.26. The Morgan fingerprint density at radius 3 is 2.87 bits per heavy atom. The highest BCUT2D eigenvalue weighted by Crippen LogP contribution is 2.30. The molecule has 118 valence electrons. The summed E-state index contributed by atoms with van der Waals surface area (Å²) in [5.41, 5.74) is 2.68. The minimum absolute atomic E-state index is 0.0174. The van der Waals surface area contributed by atoms with Gasteiger partial charge in [-0.3, -0.25) is 9.88 Å². The van der Waals surface area contributed by atoms with Gasteiger partial charge in [-0.2, -0.15) is 5.26 Å². The molecule has 1 aliphatic rings. The average Bonchev–Trinajstić information content (AvgIpc) is 2.63. The first-order valence-corrected chi connectivity index (χ1v) is 7.81. The summed E-state index contributed by atoms with van der Waals surface area (Å²) < 4.78 is 0. The highest BCUT2D eigenvalue weighted by atomic mass is 16.3. The summed E-state index contributed by atoms with van der Waals surface area (Å²) in [5, 5.41) is 22.3. The second-order valence-corrected chi connectivity index (χ2v) is 5.71. The van der Waals surface area contributed by atoms with Crippen LogP contribution in [0.15, 0.2) is 48.8 Å². The summed E-state index contributed by atoms with van der Waals surface area (Å²) in [4.78, 5) is 6.52. The van der Waals surface area contributed by atoms with Crippen LogP contribution in [0, 0.1) is 11.3 Å². The topological polar surface area (TPSA) is 72.2 Å². The molecule has 5 heteroatoms. The zero-order valence-electron chi connectivity index (χ0n) is 12.9. The fraction of sp³-hybridized carbons (Fsp3) is 0.333. The number of nitriles is 1. The number of nitrogens with zero attached hydrogens (tertiary/aromatic N) is 3. The first-order chi connectivity index (χ1) is 11.3. The number of nitrogens with one attached hydrogen (secondary N) is 1. The molecule has 0 amide bonds. The summed E-state index contributed by atoms with van der Waals surface area (Å²) in [5.74, 6) is 0. The van der Waals surface area contributed by atoms with E-state index in [0.29, 0.717) is 5.56 Å². The van der Waals surface area contributed by atoms with Gasteiger partial charge in [-0.25, -0.2) is 0 Å². The molecule has 5 nitrogen and oxygen atoms in total. The molecule has 1 saturated heterocycles. The number of piperazine rings is 1. The molecule has 0 aliphatic carbocycles. The minimum Gasteiger partial charge on any atom is -0.395 e. The predicted octanol–water partition coefficient (Wildman–Crippen LogP) is 1.31. The SMILES string of the molecule is N#Cc1cncc(C(c2ccccc2)N2CCNC[C@H]2CO)c1. The Balaban J connectivity index is 2.05. The predicted molar refractivity (Wildman–Crippen MR) is 87.7 cm³/mol. The van der Waals surface area contributed by atoms with Crippen LogP contribution in [0.5, 0.6) is 0 Å². The Hall–Kier alpha value is -2.26. The van der Waals surface area contributed by atoms with Crippen molar-refractivity contribution in [3.8, 4) is 6.07 Å². The zero-order chi connectivity index (χ0) is 16.1. The molecule has 2 aromatic rings. The van der Waals surface area contributed by atoms with Crippen LogP contribution in [-0.2, 0) is 0 Å². The van der Waals surface area contributed by atoms with E-state index < -0.39 is 0 Å². The van der Waals surface area contributed by atoms with Gasteiger partial charge in [0, 0.05) is 38.1 Å². The van der Waals surface area contributed by atoms with Gasteiger partial charge < -0.3 is 10.4 Å². The molecule has 2 atom stereocenters. The molecule has 0 radical (unpaired) electrons. The molecule has 3 rings (SSSR count). The summed E-state index contributed by atoms with van der Waals surface area (Å²) in [6, 6.07) is 14.3. The molecule has 1 aromatic heterocycles. The number of aliphatic hydroxyl groups is 1. The van der Waals surface area contributed by atoms with Crippen molar-refractivity contribution < 1.29 is 5.11 Å². The van der Waals surface area contributed by atoms with Gasteiger partial charge in [-0.05, 0) is 17.2 Å². The standard InChI is InChI=1S/C18H20N4O/c19-9-14-8-16(11-21-10-14)18(15-4-2-1-3-5-15)22-7-6-20-12-17(22)13-23/h1-5,8,10-11,17-18,20,23H,6-7,12-13H2/t17-,18?/m0/s1. The van der Waals surface area contributed by atoms with Crippen LogP contribution in [0.1, 0.15) is 22.7 Å². The lowest BCUT2D eigenvalue weighted by Gasteiger charge is -2.41. The van der Waals surface area contributed by atoms with Crippen molar-refractivity contribution in [2.45, 2.75) is 12.1 Å². The fourth-order valence-corrected chi connectivity index (χ4v) is 3.17. The van der Waals surface area contributed by atoms with Crippen molar-refractivity contribution in [3.05, 3.63) is 65.5 Å². The largest absolute Gasteiger partial charge is 0.395 e. The van der Waals surface area contributed by atoms with Crippen LogP contribution in [0.25, 0.3) is 0 Å². The molecule has 0 bridgehead atoms. The van der Waals surface area contributed by atoms with Crippen LogP contribution in [0.3, 0.4) is 0 Å². The Kier molecular flexibility index (Phi) is 4.99. The Labute approximate surface area is 136 Å². The van der Waals surface area contributed by atoms with E-state index in [1.165, 1.54) is 0 Å². The quantitative estimate of drug-likeness (QED) is 0.891. The number of hydrogen-bond donors (Lipinski definition) is 2. The Morgan fingerprint density at radius 1 is 1.30 bits per heavy atom. The fourth-order valence-electron chi connectivity index (χ4n) is 3.17. The molecule has 1 fully saturated rings. The van der Waals surface area contributed by atoms with E-state index in [4.69, 9.17) is 5.26 Å². The summed E-state index contributed by atoms with van der Waals surface area (Å²) >= 11 is 0. The van der Waals surface area contributed by atoms with Gasteiger partial charge in [-0.15, -0.1) is 0 Å². The zero-order valence-corrected chi connectivity index (χ0v) is 12.9. The summed E-state index contributed by atoms with van der Waals surface area (Å²) in [6.07, 6.45) is 3.39. The first kappa shape index (κ1) is 15.6. The molecule has 0 spiro atoms. The van der Waals surface area contributed by atoms with Crippen LogP contribution in [-0.4, -0.2) is 47.3 Å². The van der Waals surface area contributed by atoms with Gasteiger partial charge in [0.05, 0.1) is 18.2 Å². The van der Waals surface area contributed by atoms with Crippen molar-refractivity contribution in [1.29, 1.82) is 5.26 Å². The van der Waals surface area contributed by atoms with Crippen molar-refractivity contribution in [2.75, 3.05) is 26.2 Å². The van der Waals surface area contributed by atoms with E-state index in [0.717, 1.165) is 30.8 Å². The molecule has 1 aliphatic heterocycles. The number of benzene rings is 1. The van der Waals surface area contributed by atoms with Crippen LogP contribution in [0.2, 0.25) is 0 Å². The van der Waals surface area contributed by atoms with E-state index in [-0.39, 0.29) is 18.7 Å². The third-order valence-electron chi connectivity index (χ3n) is 4.26. The monoisotopic (exact) mass is 308 g/mol. The number of rotatable bonds is 4. The molecule has 2 heterocycles. The van der Waals surface area contributed by atoms with Crippen molar-refractivity contribution in [1.82, 2.24) is 15.2 Å². The maximum absolute atomic E-state index is 9.76. The molecule has 1 unspecified atom stereocenters. The first-order valence-electron chi connectivity index (χ1n) is 7.81. The summed E-state index contributed by atoms with van der Waals surface area (Å²) in [6.45, 7) is 2.57. The Bertz CT molecular complexity index is 683. The third kappa shape index (κ3) is 3.40. The van der Waals surface area contributed by atoms with E-state index in [9.17, 15) is 5.11 Å². The molecule has 23 heavy (non-hydrogen) atoms. The molecular weight excluding hydrogens is 288 g/mol. The van der Waals surface area contributed by atoms with Crippen molar-refractivity contribution >= 4 is 0 Å². The number of hydrogen-bond acceptors (Lipinski definition) is 5. The van der Waals surface area contributed by atoms with Crippen LogP contribution in [0.4, 0.5) is 0 Å². The second-order valence-electron chi connectivity index (χ2n) is 5.71. The normalized spacial score (nSPS) is 19.9. The highest BCUT2D eigenvalue weighted by molar-refractivity contribution is 5.36. The Morgan fingerprint density at radius 2 is 2.13 bits per heavy atom. The van der Waals surface area contributed by atoms with Gasteiger partial charge in [-0.1, -0.05) is 30.3 Å². The van der Waals surface area contributed by atoms with Gasteiger partial charge >= 0.3 is 0 Å². The average molecular weight is 308 g/mol. The number of pyridine rings is 1. The molecule has 2 N–H and O–H groups in total. The lowest BCUT2D eigenvalue weighted by Crippen LogP contribution is -2.54. The van der Waals surface area contributed by atoms with Crippen LogP contribution < -0.4 is 5.32 Å². The molecule has 0 saturated carbocycles. The number of aliphatic hydroxyl groups excluding tert-OH is 1. The highest BCUT2D eigenvalue weighted by Gasteiger charge is 2.30. The van der Waals surface area contributed by atoms with E-state index in [2.05, 4.69) is 33.4 Å². The van der Waals surface area contributed by atoms with Crippen molar-refractivity contribution in [3.63, 3.8) is 0 Å². The van der Waals surface area contributed by atoms with E-state index >= 15 is 0 Å². The van der Waals surface area contributed by atoms with Gasteiger partial charge in [0.2, 0.25) is 0 Å². The summed E-state index contributed by atoms with van der Waals surface area (Å²) in [7, 11) is 0. The molecule has 1 aromatic carbocycles. The van der Waals surface area contributed by atoms with Gasteiger partial charge in [0.15, 0.2) is 0 Å². The van der Waals surface area contributed by atoms with E-state index in [1.54, 1.807) is 6.20 Å². The molecular formula is C18H20N4O. The van der Waals surface area contributed by atoms with Crippen LogP contribution >= 0.6 is 0 Å². The maximum Gasteiger partial charge on any atom is 0.101 e. The smallest absolute Gasteiger partial charge is 0.101 e. The van der Waals surface area contributed by atoms with Gasteiger partial charge in [0.25, 0.3) is 0 Å². The second kappa shape index (κ2) is 7.34. The van der Waals surface area contributed by atoms with Gasteiger partial charge in [0.1, 0.15) is 6.07 Å². The van der Waals surface area contributed by atoms with E-state index in [1.807, 2.05) is 30.5 Å². The minimum atomic E-state index is -0.0174. The lowest BCUT2D eigenvalue weighted by molar-refractivity contribution is 0.0759.